The van der Waals surface area contributed by atoms with Crippen LogP contribution in [-0.2, 0) is 0 Å². The van der Waals surface area contributed by atoms with Crippen molar-refractivity contribution < 1.29 is 14.1 Å². The van der Waals surface area contributed by atoms with Gasteiger partial charge in [-0.3, -0.25) is 14.9 Å². The maximum atomic E-state index is 13.1. The molecule has 0 radical (unpaired) electrons. The van der Waals surface area contributed by atoms with E-state index in [9.17, 15) is 19.3 Å². The Morgan fingerprint density at radius 3 is 2.41 bits per heavy atom. The number of rotatable bonds is 4. The number of hydrogen-bond acceptors (Lipinski definition) is 5. The Hall–Kier alpha value is -3.75. The van der Waals surface area contributed by atoms with Crippen LogP contribution >= 0.6 is 0 Å². The highest BCUT2D eigenvalue weighted by molar-refractivity contribution is 5.95. The predicted molar refractivity (Wildman–Crippen MR) is 105 cm³/mol. The molecule has 0 bridgehead atoms. The van der Waals surface area contributed by atoms with Crippen LogP contribution in [0.25, 0.3) is 5.69 Å². The number of aromatic nitrogens is 2. The summed E-state index contributed by atoms with van der Waals surface area (Å²) in [6, 6.07) is 10.7. The molecular weight excluding hydrogens is 377 g/mol. The van der Waals surface area contributed by atoms with E-state index in [1.54, 1.807) is 35.4 Å². The third-order valence-electron chi connectivity index (χ3n) is 4.96. The number of nitrogens with zero attached hydrogens (tertiary/aromatic N) is 5. The van der Waals surface area contributed by atoms with Crippen molar-refractivity contribution in [3.05, 3.63) is 82.7 Å². The molecular formula is C20H18FN5O3. The van der Waals surface area contributed by atoms with Crippen LogP contribution in [0.1, 0.15) is 10.4 Å². The van der Waals surface area contributed by atoms with Crippen molar-refractivity contribution in [1.29, 1.82) is 0 Å². The molecule has 3 aromatic rings. The van der Waals surface area contributed by atoms with Gasteiger partial charge in [-0.25, -0.2) is 9.37 Å². The van der Waals surface area contributed by atoms with Crippen LogP contribution in [0.5, 0.6) is 0 Å². The highest BCUT2D eigenvalue weighted by atomic mass is 19.1. The van der Waals surface area contributed by atoms with Gasteiger partial charge in [0, 0.05) is 55.9 Å². The molecule has 0 aliphatic carbocycles. The first-order chi connectivity index (χ1) is 14.0. The smallest absolute Gasteiger partial charge is 0.294 e. The predicted octanol–water partition coefficient (Wildman–Crippen LogP) is 2.88. The number of hydrogen-bond donors (Lipinski definition) is 0. The fourth-order valence-corrected chi connectivity index (χ4v) is 3.42. The number of carbonyl (C=O) groups excluding carboxylic acids is 1. The van der Waals surface area contributed by atoms with E-state index in [-0.39, 0.29) is 23.0 Å². The lowest BCUT2D eigenvalue weighted by Crippen LogP contribution is -2.48. The third-order valence-corrected chi connectivity index (χ3v) is 4.96. The molecule has 0 atom stereocenters. The van der Waals surface area contributed by atoms with Gasteiger partial charge in [-0.15, -0.1) is 0 Å². The summed E-state index contributed by atoms with van der Waals surface area (Å²) in [6.07, 6.45) is 4.61. The van der Waals surface area contributed by atoms with E-state index in [0.29, 0.717) is 31.9 Å². The topological polar surface area (TPSA) is 84.5 Å². The normalized spacial score (nSPS) is 14.1. The zero-order valence-electron chi connectivity index (χ0n) is 15.4. The fraction of sp³-hybridized carbons (Fsp3) is 0.200. The summed E-state index contributed by atoms with van der Waals surface area (Å²) in [5.74, 6) is -0.535. The first-order valence-electron chi connectivity index (χ1n) is 9.09. The fourth-order valence-electron chi connectivity index (χ4n) is 3.42. The number of piperazine rings is 1. The Balaban J connectivity index is 1.49. The van der Waals surface area contributed by atoms with Gasteiger partial charge in [-0.2, -0.15) is 0 Å². The van der Waals surface area contributed by atoms with E-state index >= 15 is 0 Å². The first-order valence-corrected chi connectivity index (χ1v) is 9.09. The molecule has 0 unspecified atom stereocenters. The minimum absolute atomic E-state index is 0.154. The standard InChI is InChI=1S/C20H18FN5O3/c21-16-2-4-17(5-3-16)23-9-11-24(12-10-23)20(27)15-1-6-18(19(13-15)26(28)29)25-8-7-22-14-25/h1-8,13-14H,9-12H2. The lowest BCUT2D eigenvalue weighted by molar-refractivity contribution is -0.384. The number of carbonyl (C=O) groups is 1. The number of anilines is 1. The molecule has 1 saturated heterocycles. The summed E-state index contributed by atoms with van der Waals surface area (Å²) in [5, 5.41) is 11.5. The molecule has 0 saturated carbocycles. The molecule has 4 rings (SSSR count). The van der Waals surface area contributed by atoms with Crippen molar-refractivity contribution in [2.75, 3.05) is 31.1 Å². The van der Waals surface area contributed by atoms with Gasteiger partial charge < -0.3 is 14.4 Å². The second-order valence-electron chi connectivity index (χ2n) is 6.69. The largest absolute Gasteiger partial charge is 0.368 e. The lowest BCUT2D eigenvalue weighted by atomic mass is 10.1. The van der Waals surface area contributed by atoms with Gasteiger partial charge in [-0.05, 0) is 36.4 Å². The lowest BCUT2D eigenvalue weighted by Gasteiger charge is -2.36. The maximum absolute atomic E-state index is 13.1. The minimum Gasteiger partial charge on any atom is -0.368 e. The van der Waals surface area contributed by atoms with E-state index < -0.39 is 4.92 Å². The molecule has 1 aliphatic heterocycles. The van der Waals surface area contributed by atoms with Crippen molar-refractivity contribution >= 4 is 17.3 Å². The first kappa shape index (κ1) is 18.6. The van der Waals surface area contributed by atoms with E-state index in [1.807, 2.05) is 0 Å². The van der Waals surface area contributed by atoms with Crippen molar-refractivity contribution in [3.63, 3.8) is 0 Å². The summed E-state index contributed by atoms with van der Waals surface area (Å²) in [7, 11) is 0. The van der Waals surface area contributed by atoms with Gasteiger partial charge in [0.05, 0.1) is 11.3 Å². The Morgan fingerprint density at radius 2 is 1.79 bits per heavy atom. The summed E-state index contributed by atoms with van der Waals surface area (Å²) in [6.45, 7) is 2.17. The molecule has 8 nitrogen and oxygen atoms in total. The van der Waals surface area contributed by atoms with Crippen molar-refractivity contribution in [3.8, 4) is 5.69 Å². The zero-order chi connectivity index (χ0) is 20.4. The average molecular weight is 395 g/mol. The zero-order valence-corrected chi connectivity index (χ0v) is 15.4. The molecule has 1 aliphatic rings. The van der Waals surface area contributed by atoms with Crippen LogP contribution in [0.4, 0.5) is 15.8 Å². The van der Waals surface area contributed by atoms with Crippen molar-refractivity contribution in [2.45, 2.75) is 0 Å². The Labute approximate surface area is 166 Å². The summed E-state index contributed by atoms with van der Waals surface area (Å²) in [5.41, 5.74) is 1.37. The third kappa shape index (κ3) is 3.79. The molecule has 0 N–H and O–H groups in total. The highest BCUT2D eigenvalue weighted by Gasteiger charge is 2.25. The second kappa shape index (κ2) is 7.70. The summed E-state index contributed by atoms with van der Waals surface area (Å²) in [4.78, 5) is 31.5. The van der Waals surface area contributed by atoms with E-state index in [0.717, 1.165) is 5.69 Å². The maximum Gasteiger partial charge on any atom is 0.294 e. The van der Waals surface area contributed by atoms with Crippen molar-refractivity contribution in [2.24, 2.45) is 0 Å². The van der Waals surface area contributed by atoms with E-state index in [4.69, 9.17) is 0 Å². The molecule has 29 heavy (non-hydrogen) atoms. The van der Waals surface area contributed by atoms with Gasteiger partial charge in [0.1, 0.15) is 11.5 Å². The number of benzene rings is 2. The molecule has 9 heteroatoms. The van der Waals surface area contributed by atoms with Crippen LogP contribution in [0.15, 0.2) is 61.2 Å². The van der Waals surface area contributed by atoms with Crippen LogP contribution in [-0.4, -0.2) is 51.5 Å². The van der Waals surface area contributed by atoms with Crippen LogP contribution < -0.4 is 4.90 Å². The van der Waals surface area contributed by atoms with Crippen LogP contribution in [0.3, 0.4) is 0 Å². The second-order valence-corrected chi connectivity index (χ2v) is 6.69. The summed E-state index contributed by atoms with van der Waals surface area (Å²) < 4.78 is 14.6. The van der Waals surface area contributed by atoms with E-state index in [1.165, 1.54) is 35.3 Å². The quantitative estimate of drug-likeness (QED) is 0.501. The van der Waals surface area contributed by atoms with Crippen LogP contribution in [0, 0.1) is 15.9 Å². The number of nitro benzene ring substituents is 1. The molecule has 2 heterocycles. The number of halogens is 1. The van der Waals surface area contributed by atoms with Crippen molar-refractivity contribution in [1.82, 2.24) is 14.5 Å². The molecule has 148 valence electrons. The molecule has 1 aromatic heterocycles. The van der Waals surface area contributed by atoms with Gasteiger partial charge in [0.25, 0.3) is 11.6 Å². The number of nitro groups is 1. The van der Waals surface area contributed by atoms with Gasteiger partial charge in [0.15, 0.2) is 0 Å². The highest BCUT2D eigenvalue weighted by Crippen LogP contribution is 2.25. The molecule has 1 fully saturated rings. The molecule has 2 aromatic carbocycles. The molecule has 0 spiro atoms. The Kier molecular flexibility index (Phi) is 4.94. The van der Waals surface area contributed by atoms with Gasteiger partial charge >= 0.3 is 0 Å². The minimum atomic E-state index is -0.501. The van der Waals surface area contributed by atoms with Gasteiger partial charge in [-0.1, -0.05) is 0 Å². The van der Waals surface area contributed by atoms with E-state index in [2.05, 4.69) is 9.88 Å². The number of imidazole rings is 1. The Morgan fingerprint density at radius 1 is 1.07 bits per heavy atom. The Bertz CT molecular complexity index is 1030. The average Bonchev–Trinajstić information content (AvgIpc) is 3.28. The van der Waals surface area contributed by atoms with Gasteiger partial charge in [0.2, 0.25) is 0 Å². The van der Waals surface area contributed by atoms with Crippen LogP contribution in [0.2, 0.25) is 0 Å². The molecule has 1 amide bonds. The monoisotopic (exact) mass is 395 g/mol. The summed E-state index contributed by atoms with van der Waals surface area (Å²) >= 11 is 0. The SMILES string of the molecule is O=C(c1ccc(-n2ccnc2)c([N+](=O)[O-])c1)N1CCN(c2ccc(F)cc2)CC1. The number of amides is 1.